The minimum Gasteiger partial charge on any atom is -0.365 e. The molecule has 1 saturated heterocycles. The minimum atomic E-state index is -0.0374. The molecule has 6 nitrogen and oxygen atoms in total. The van der Waals surface area contributed by atoms with Crippen molar-refractivity contribution in [1.29, 1.82) is 0 Å². The molecule has 5 rings (SSSR count). The summed E-state index contributed by atoms with van der Waals surface area (Å²) in [5.74, 6) is -0.0374. The van der Waals surface area contributed by atoms with Gasteiger partial charge in [0.15, 0.2) is 5.69 Å². The maximum Gasteiger partial charge on any atom is 0.276 e. The number of para-hydroxylation sites is 1. The third-order valence-electron chi connectivity index (χ3n) is 6.19. The number of hydrogen-bond donors (Lipinski definition) is 0. The summed E-state index contributed by atoms with van der Waals surface area (Å²) in [7, 11) is 0. The fourth-order valence-electron chi connectivity index (χ4n) is 4.76. The van der Waals surface area contributed by atoms with Gasteiger partial charge in [0.2, 0.25) is 0 Å². The Bertz CT molecular complexity index is 1070. The summed E-state index contributed by atoms with van der Waals surface area (Å²) in [6, 6.07) is 17.5. The Labute approximate surface area is 184 Å². The van der Waals surface area contributed by atoms with Crippen molar-refractivity contribution < 1.29 is 4.79 Å². The summed E-state index contributed by atoms with van der Waals surface area (Å²) < 4.78 is 2.61. The number of likely N-dealkylation sites (tertiary alicyclic amines) is 1. The highest BCUT2D eigenvalue weighted by atomic mass is 79.9. The van der Waals surface area contributed by atoms with Crippen LogP contribution in [0.25, 0.3) is 5.69 Å². The summed E-state index contributed by atoms with van der Waals surface area (Å²) in [5.41, 5.74) is 4.07. The van der Waals surface area contributed by atoms with E-state index in [1.165, 1.54) is 11.3 Å². The van der Waals surface area contributed by atoms with Gasteiger partial charge in [-0.25, -0.2) is 4.68 Å². The molecule has 1 fully saturated rings. The number of rotatable bonds is 3. The average Bonchev–Trinajstić information content (AvgIpc) is 3.38. The van der Waals surface area contributed by atoms with Crippen LogP contribution < -0.4 is 4.90 Å². The van der Waals surface area contributed by atoms with Crippen molar-refractivity contribution in [1.82, 2.24) is 19.9 Å². The van der Waals surface area contributed by atoms with Crippen molar-refractivity contribution in [2.45, 2.75) is 38.3 Å². The van der Waals surface area contributed by atoms with Gasteiger partial charge in [-0.05, 0) is 56.0 Å². The number of hydrogen-bond acceptors (Lipinski definition) is 4. The van der Waals surface area contributed by atoms with Crippen LogP contribution in [0, 0.1) is 0 Å². The molecule has 0 N–H and O–H groups in total. The van der Waals surface area contributed by atoms with Crippen LogP contribution in [0.5, 0.6) is 0 Å². The smallest absolute Gasteiger partial charge is 0.276 e. The maximum atomic E-state index is 13.0. The van der Waals surface area contributed by atoms with Gasteiger partial charge in [0.25, 0.3) is 5.91 Å². The third kappa shape index (κ3) is 3.51. The van der Waals surface area contributed by atoms with Gasteiger partial charge in [0.1, 0.15) is 0 Å². The van der Waals surface area contributed by atoms with Crippen molar-refractivity contribution >= 4 is 27.5 Å². The van der Waals surface area contributed by atoms with E-state index in [4.69, 9.17) is 0 Å². The van der Waals surface area contributed by atoms with E-state index in [0.717, 1.165) is 42.5 Å². The van der Waals surface area contributed by atoms with Gasteiger partial charge in [0, 0.05) is 35.3 Å². The number of nitrogens with zero attached hydrogens (tertiary/aromatic N) is 5. The van der Waals surface area contributed by atoms with Gasteiger partial charge in [-0.15, -0.1) is 5.10 Å². The molecule has 2 aliphatic heterocycles. The fourth-order valence-corrected chi connectivity index (χ4v) is 5.15. The van der Waals surface area contributed by atoms with E-state index in [-0.39, 0.29) is 5.91 Å². The number of halogens is 1. The largest absolute Gasteiger partial charge is 0.365 e. The molecule has 1 unspecified atom stereocenters. The van der Waals surface area contributed by atoms with E-state index in [0.29, 0.717) is 17.8 Å². The summed E-state index contributed by atoms with van der Waals surface area (Å²) in [5, 5.41) is 8.28. The quantitative estimate of drug-likeness (QED) is 0.584. The van der Waals surface area contributed by atoms with E-state index in [9.17, 15) is 4.79 Å². The Hall–Kier alpha value is -2.67. The lowest BCUT2D eigenvalue weighted by molar-refractivity contribution is 0.0705. The Morgan fingerprint density at radius 1 is 1.10 bits per heavy atom. The molecular weight excluding hydrogens is 442 g/mol. The van der Waals surface area contributed by atoms with Crippen LogP contribution in [-0.2, 0) is 6.42 Å². The third-order valence-corrected chi connectivity index (χ3v) is 6.68. The van der Waals surface area contributed by atoms with E-state index >= 15 is 0 Å². The van der Waals surface area contributed by atoms with E-state index < -0.39 is 0 Å². The molecule has 0 bridgehead atoms. The highest BCUT2D eigenvalue weighted by Crippen LogP contribution is 2.36. The van der Waals surface area contributed by atoms with Gasteiger partial charge < -0.3 is 9.80 Å². The van der Waals surface area contributed by atoms with Crippen molar-refractivity contribution in [3.05, 3.63) is 70.5 Å². The molecule has 0 saturated carbocycles. The second kappa shape index (κ2) is 7.87. The normalized spacial score (nSPS) is 19.2. The number of anilines is 1. The molecule has 1 aromatic heterocycles. The van der Waals surface area contributed by atoms with Crippen molar-refractivity contribution in [3.8, 4) is 5.69 Å². The molecule has 2 aliphatic rings. The van der Waals surface area contributed by atoms with Crippen LogP contribution in [-0.4, -0.2) is 51.0 Å². The van der Waals surface area contributed by atoms with Crippen LogP contribution in [0.4, 0.5) is 5.69 Å². The van der Waals surface area contributed by atoms with E-state index in [2.05, 4.69) is 62.3 Å². The predicted octanol–water partition coefficient (Wildman–Crippen LogP) is 4.09. The second-order valence-electron chi connectivity index (χ2n) is 8.14. The van der Waals surface area contributed by atoms with Crippen LogP contribution >= 0.6 is 15.9 Å². The fraction of sp³-hybridized carbons (Fsp3) is 0.348. The van der Waals surface area contributed by atoms with Crippen molar-refractivity contribution in [3.63, 3.8) is 0 Å². The molecule has 2 aromatic carbocycles. The molecule has 1 amide bonds. The number of carbonyl (C=O) groups is 1. The molecule has 0 aliphatic carbocycles. The molecule has 3 heterocycles. The monoisotopic (exact) mass is 465 g/mol. The lowest BCUT2D eigenvalue weighted by Gasteiger charge is -2.40. The standard InChI is InChI=1S/C23H24BrN5O/c1-16-13-17-5-2-3-8-22(17)29(16)19-9-11-27(12-10-19)23(30)21-15-28(26-25-21)20-7-4-6-18(24)14-20/h2-8,14-16,19H,9-13H2,1H3. The van der Waals surface area contributed by atoms with Crippen molar-refractivity contribution in [2.24, 2.45) is 0 Å². The predicted molar refractivity (Wildman–Crippen MR) is 120 cm³/mol. The molecule has 0 radical (unpaired) electrons. The summed E-state index contributed by atoms with van der Waals surface area (Å²) in [4.78, 5) is 17.5. The summed E-state index contributed by atoms with van der Waals surface area (Å²) >= 11 is 3.46. The number of amides is 1. The van der Waals surface area contributed by atoms with Crippen LogP contribution in [0.1, 0.15) is 35.8 Å². The molecule has 3 aromatic rings. The highest BCUT2D eigenvalue weighted by molar-refractivity contribution is 9.10. The zero-order valence-electron chi connectivity index (χ0n) is 16.9. The molecule has 30 heavy (non-hydrogen) atoms. The van der Waals surface area contributed by atoms with Gasteiger partial charge >= 0.3 is 0 Å². The zero-order chi connectivity index (χ0) is 20.7. The molecule has 154 valence electrons. The molecule has 1 atom stereocenters. The van der Waals surface area contributed by atoms with Crippen LogP contribution in [0.2, 0.25) is 0 Å². The van der Waals surface area contributed by atoms with E-state index in [1.54, 1.807) is 10.9 Å². The van der Waals surface area contributed by atoms with Crippen LogP contribution in [0.15, 0.2) is 59.2 Å². The Morgan fingerprint density at radius 2 is 1.90 bits per heavy atom. The van der Waals surface area contributed by atoms with Gasteiger partial charge in [-0.1, -0.05) is 45.4 Å². The Balaban J connectivity index is 1.26. The molecule has 7 heteroatoms. The number of piperidine rings is 1. The summed E-state index contributed by atoms with van der Waals surface area (Å²) in [6.45, 7) is 3.80. The van der Waals surface area contributed by atoms with Gasteiger partial charge in [-0.2, -0.15) is 0 Å². The molecular formula is C23H24BrN5O. The number of fused-ring (bicyclic) bond motifs is 1. The SMILES string of the molecule is CC1Cc2ccccc2N1C1CCN(C(=O)c2cn(-c3cccc(Br)c3)nn2)CC1. The minimum absolute atomic E-state index is 0.0374. The first-order chi connectivity index (χ1) is 14.6. The first kappa shape index (κ1) is 19.3. The van der Waals surface area contributed by atoms with E-state index in [1.807, 2.05) is 29.2 Å². The summed E-state index contributed by atoms with van der Waals surface area (Å²) in [6.07, 6.45) is 4.78. The lowest BCUT2D eigenvalue weighted by Crippen LogP contribution is -2.48. The maximum absolute atomic E-state index is 13.0. The Kier molecular flexibility index (Phi) is 5.06. The number of aromatic nitrogens is 3. The Morgan fingerprint density at radius 3 is 2.70 bits per heavy atom. The van der Waals surface area contributed by atoms with Gasteiger partial charge in [0.05, 0.1) is 11.9 Å². The number of benzene rings is 2. The highest BCUT2D eigenvalue weighted by Gasteiger charge is 2.34. The first-order valence-corrected chi connectivity index (χ1v) is 11.2. The number of carbonyl (C=O) groups excluding carboxylic acids is 1. The van der Waals surface area contributed by atoms with Crippen LogP contribution in [0.3, 0.4) is 0 Å². The van der Waals surface area contributed by atoms with Gasteiger partial charge in [-0.3, -0.25) is 4.79 Å². The van der Waals surface area contributed by atoms with Crippen molar-refractivity contribution in [2.75, 3.05) is 18.0 Å². The second-order valence-corrected chi connectivity index (χ2v) is 9.06. The molecule has 0 spiro atoms. The average molecular weight is 466 g/mol. The topological polar surface area (TPSA) is 54.3 Å². The zero-order valence-corrected chi connectivity index (χ0v) is 18.5. The lowest BCUT2D eigenvalue weighted by atomic mass is 10.0. The first-order valence-electron chi connectivity index (χ1n) is 10.4.